The Labute approximate surface area is 121 Å². The third-order valence-electron chi connectivity index (χ3n) is 2.86. The number of benzene rings is 2. The number of anilines is 1. The molecule has 2 aromatic carbocycles. The van der Waals surface area contributed by atoms with E-state index >= 15 is 0 Å². The fraction of sp³-hybridized carbons (Fsp3) is 0.125. The van der Waals surface area contributed by atoms with Gasteiger partial charge in [-0.15, -0.1) is 0 Å². The molecule has 0 aliphatic rings. The highest BCUT2D eigenvalue weighted by molar-refractivity contribution is 6.05. The molecule has 0 saturated heterocycles. The summed E-state index contributed by atoms with van der Waals surface area (Å²) in [7, 11) is 0. The molecule has 2 rings (SSSR count). The number of ether oxygens (including phenoxy) is 1. The van der Waals surface area contributed by atoms with Crippen LogP contribution in [-0.2, 0) is 0 Å². The Morgan fingerprint density at radius 2 is 2.10 bits per heavy atom. The molecule has 4 nitrogen and oxygen atoms in total. The molecule has 0 aliphatic heterocycles. The number of nitrogens with one attached hydrogen (secondary N) is 1. The minimum Gasteiger partial charge on any atom is -0.477 e. The van der Waals surface area contributed by atoms with Crippen LogP contribution in [0.1, 0.15) is 15.9 Å². The molecule has 1 amide bonds. The van der Waals surface area contributed by atoms with Crippen molar-refractivity contribution in [2.24, 2.45) is 0 Å². The van der Waals surface area contributed by atoms with E-state index in [2.05, 4.69) is 5.32 Å². The number of rotatable bonds is 4. The molecular formula is C16H13FN2O2. The van der Waals surface area contributed by atoms with Gasteiger partial charge in [0.05, 0.1) is 5.69 Å². The van der Waals surface area contributed by atoms with Crippen molar-refractivity contribution in [2.75, 3.05) is 11.9 Å². The standard InChI is InChI=1S/C16H13FN2O2/c1-11-10-12(17)6-7-13(11)16(20)19-14-4-2-3-5-15(14)21-9-8-18/h2-7,10H,9H2,1H3,(H,19,20). The summed E-state index contributed by atoms with van der Waals surface area (Å²) >= 11 is 0. The van der Waals surface area contributed by atoms with Crippen molar-refractivity contribution in [1.29, 1.82) is 5.26 Å². The third-order valence-corrected chi connectivity index (χ3v) is 2.86. The van der Waals surface area contributed by atoms with Crippen LogP contribution < -0.4 is 10.1 Å². The number of carbonyl (C=O) groups is 1. The third kappa shape index (κ3) is 3.57. The van der Waals surface area contributed by atoms with Gasteiger partial charge in [0.15, 0.2) is 6.61 Å². The lowest BCUT2D eigenvalue weighted by Crippen LogP contribution is -2.14. The number of nitrogens with zero attached hydrogens (tertiary/aromatic N) is 1. The first-order valence-electron chi connectivity index (χ1n) is 6.28. The van der Waals surface area contributed by atoms with Gasteiger partial charge in [0.2, 0.25) is 0 Å². The number of carbonyl (C=O) groups excluding carboxylic acids is 1. The summed E-state index contributed by atoms with van der Waals surface area (Å²) in [6.45, 7) is 1.55. The molecule has 0 saturated carbocycles. The molecule has 21 heavy (non-hydrogen) atoms. The lowest BCUT2D eigenvalue weighted by Gasteiger charge is -2.11. The Balaban J connectivity index is 2.22. The van der Waals surface area contributed by atoms with E-state index in [1.165, 1.54) is 18.2 Å². The van der Waals surface area contributed by atoms with Gasteiger partial charge in [0, 0.05) is 5.56 Å². The van der Waals surface area contributed by atoms with Gasteiger partial charge in [0.1, 0.15) is 17.6 Å². The minimum absolute atomic E-state index is 0.109. The first kappa shape index (κ1) is 14.5. The summed E-state index contributed by atoms with van der Waals surface area (Å²) in [5.41, 5.74) is 1.39. The molecule has 0 fully saturated rings. The molecule has 0 spiro atoms. The monoisotopic (exact) mass is 284 g/mol. The van der Waals surface area contributed by atoms with Gasteiger partial charge in [-0.3, -0.25) is 4.79 Å². The summed E-state index contributed by atoms with van der Waals surface area (Å²) in [6, 6.07) is 12.6. The van der Waals surface area contributed by atoms with Crippen LogP contribution in [0.15, 0.2) is 42.5 Å². The molecular weight excluding hydrogens is 271 g/mol. The summed E-state index contributed by atoms with van der Waals surface area (Å²) in [5.74, 6) is -0.338. The predicted molar refractivity (Wildman–Crippen MR) is 76.6 cm³/mol. The number of nitriles is 1. The van der Waals surface area contributed by atoms with Gasteiger partial charge in [-0.1, -0.05) is 12.1 Å². The molecule has 0 heterocycles. The van der Waals surface area contributed by atoms with Gasteiger partial charge in [0.25, 0.3) is 5.91 Å². The number of para-hydroxylation sites is 2. The van der Waals surface area contributed by atoms with Gasteiger partial charge < -0.3 is 10.1 Å². The number of hydrogen-bond acceptors (Lipinski definition) is 3. The molecule has 0 radical (unpaired) electrons. The van der Waals surface area contributed by atoms with Crippen molar-refractivity contribution in [1.82, 2.24) is 0 Å². The van der Waals surface area contributed by atoms with Crippen LogP contribution in [0, 0.1) is 24.1 Å². The zero-order valence-corrected chi connectivity index (χ0v) is 11.4. The first-order chi connectivity index (χ1) is 10.1. The zero-order chi connectivity index (χ0) is 15.2. The number of amides is 1. The lowest BCUT2D eigenvalue weighted by atomic mass is 10.1. The molecule has 0 aromatic heterocycles. The molecule has 0 aliphatic carbocycles. The first-order valence-corrected chi connectivity index (χ1v) is 6.28. The summed E-state index contributed by atoms with van der Waals surface area (Å²) in [5, 5.41) is 11.2. The second kappa shape index (κ2) is 6.53. The molecule has 0 atom stereocenters. The SMILES string of the molecule is Cc1cc(F)ccc1C(=O)Nc1ccccc1OCC#N. The average Bonchev–Trinajstić information content (AvgIpc) is 2.46. The highest BCUT2D eigenvalue weighted by atomic mass is 19.1. The van der Waals surface area contributed by atoms with Crippen molar-refractivity contribution >= 4 is 11.6 Å². The Kier molecular flexibility index (Phi) is 4.52. The highest BCUT2D eigenvalue weighted by Gasteiger charge is 2.12. The van der Waals surface area contributed by atoms with E-state index in [-0.39, 0.29) is 18.3 Å². The molecule has 0 unspecified atom stereocenters. The molecule has 1 N–H and O–H groups in total. The maximum atomic E-state index is 13.1. The normalized spacial score (nSPS) is 9.76. The fourth-order valence-corrected chi connectivity index (χ4v) is 1.88. The van der Waals surface area contributed by atoms with Crippen LogP contribution in [0.5, 0.6) is 5.75 Å². The van der Waals surface area contributed by atoms with Crippen LogP contribution in [0.2, 0.25) is 0 Å². The van der Waals surface area contributed by atoms with Gasteiger partial charge in [-0.05, 0) is 42.8 Å². The van der Waals surface area contributed by atoms with E-state index in [4.69, 9.17) is 10.00 Å². The number of halogens is 1. The van der Waals surface area contributed by atoms with Crippen LogP contribution in [-0.4, -0.2) is 12.5 Å². The summed E-state index contributed by atoms with van der Waals surface area (Å²) < 4.78 is 18.3. The Bertz CT molecular complexity index is 708. The van der Waals surface area contributed by atoms with E-state index in [9.17, 15) is 9.18 Å². The Hall–Kier alpha value is -2.87. The molecule has 5 heteroatoms. The smallest absolute Gasteiger partial charge is 0.256 e. The van der Waals surface area contributed by atoms with Crippen molar-refractivity contribution < 1.29 is 13.9 Å². The molecule has 106 valence electrons. The fourth-order valence-electron chi connectivity index (χ4n) is 1.88. The maximum absolute atomic E-state index is 13.1. The quantitative estimate of drug-likeness (QED) is 0.937. The lowest BCUT2D eigenvalue weighted by molar-refractivity contribution is 0.102. The van der Waals surface area contributed by atoms with Crippen molar-refractivity contribution in [3.05, 3.63) is 59.4 Å². The number of hydrogen-bond donors (Lipinski definition) is 1. The van der Waals surface area contributed by atoms with Crippen molar-refractivity contribution in [3.8, 4) is 11.8 Å². The van der Waals surface area contributed by atoms with Gasteiger partial charge in [-0.2, -0.15) is 5.26 Å². The summed E-state index contributed by atoms with van der Waals surface area (Å²) in [6.07, 6.45) is 0. The van der Waals surface area contributed by atoms with E-state index in [0.29, 0.717) is 22.6 Å². The average molecular weight is 284 g/mol. The second-order valence-corrected chi connectivity index (χ2v) is 4.36. The van der Waals surface area contributed by atoms with E-state index in [1.54, 1.807) is 31.2 Å². The van der Waals surface area contributed by atoms with Crippen LogP contribution in [0.4, 0.5) is 10.1 Å². The molecule has 0 bridgehead atoms. The van der Waals surface area contributed by atoms with E-state index in [0.717, 1.165) is 0 Å². The van der Waals surface area contributed by atoms with E-state index in [1.807, 2.05) is 6.07 Å². The zero-order valence-electron chi connectivity index (χ0n) is 11.4. The van der Waals surface area contributed by atoms with Crippen molar-refractivity contribution in [3.63, 3.8) is 0 Å². The maximum Gasteiger partial charge on any atom is 0.256 e. The van der Waals surface area contributed by atoms with E-state index < -0.39 is 0 Å². The number of aryl methyl sites for hydroxylation is 1. The second-order valence-electron chi connectivity index (χ2n) is 4.36. The van der Waals surface area contributed by atoms with Crippen LogP contribution >= 0.6 is 0 Å². The van der Waals surface area contributed by atoms with Gasteiger partial charge >= 0.3 is 0 Å². The topological polar surface area (TPSA) is 62.1 Å². The Morgan fingerprint density at radius 1 is 1.33 bits per heavy atom. The predicted octanol–water partition coefficient (Wildman–Crippen LogP) is 3.29. The van der Waals surface area contributed by atoms with Crippen LogP contribution in [0.3, 0.4) is 0 Å². The highest BCUT2D eigenvalue weighted by Crippen LogP contribution is 2.24. The largest absolute Gasteiger partial charge is 0.477 e. The minimum atomic E-state index is -0.387. The summed E-state index contributed by atoms with van der Waals surface area (Å²) in [4.78, 5) is 12.2. The van der Waals surface area contributed by atoms with Gasteiger partial charge in [-0.25, -0.2) is 4.39 Å². The molecule has 2 aromatic rings. The Morgan fingerprint density at radius 3 is 2.81 bits per heavy atom. The van der Waals surface area contributed by atoms with Crippen molar-refractivity contribution in [2.45, 2.75) is 6.92 Å². The van der Waals surface area contributed by atoms with Crippen LogP contribution in [0.25, 0.3) is 0 Å².